The molecule has 5 heteroatoms. The second kappa shape index (κ2) is 5.82. The molecule has 1 saturated heterocycles. The van der Waals surface area contributed by atoms with Gasteiger partial charge in [-0.3, -0.25) is 4.79 Å². The van der Waals surface area contributed by atoms with E-state index in [-0.39, 0.29) is 11.9 Å². The molecule has 0 bridgehead atoms. The Kier molecular flexibility index (Phi) is 3.63. The van der Waals surface area contributed by atoms with Crippen molar-refractivity contribution in [2.45, 2.75) is 12.5 Å². The van der Waals surface area contributed by atoms with E-state index in [1.807, 2.05) is 18.2 Å². The minimum atomic E-state index is -0.750. The molecule has 2 unspecified atom stereocenters. The van der Waals surface area contributed by atoms with Gasteiger partial charge in [0.05, 0.1) is 12.0 Å². The summed E-state index contributed by atoms with van der Waals surface area (Å²) in [5.41, 5.74) is 3.20. The van der Waals surface area contributed by atoms with Crippen LogP contribution in [0.2, 0.25) is 0 Å². The van der Waals surface area contributed by atoms with Crippen molar-refractivity contribution in [1.82, 2.24) is 0 Å². The van der Waals surface area contributed by atoms with Gasteiger partial charge in [0.15, 0.2) is 0 Å². The van der Waals surface area contributed by atoms with Crippen LogP contribution in [-0.4, -0.2) is 36.8 Å². The normalized spacial score (nSPS) is 22.7. The molecule has 124 valence electrons. The number of halogens is 1. The molecule has 1 fully saturated rings. The van der Waals surface area contributed by atoms with Crippen molar-refractivity contribution in [1.29, 1.82) is 0 Å². The first-order chi connectivity index (χ1) is 11.6. The summed E-state index contributed by atoms with van der Waals surface area (Å²) < 4.78 is 13.2. The van der Waals surface area contributed by atoms with Crippen LogP contribution in [-0.2, 0) is 11.2 Å². The summed E-state index contributed by atoms with van der Waals surface area (Å²) in [5, 5.41) is 9.70. The van der Waals surface area contributed by atoms with Gasteiger partial charge in [-0.05, 0) is 42.3 Å². The van der Waals surface area contributed by atoms with Crippen molar-refractivity contribution in [3.63, 3.8) is 0 Å². The summed E-state index contributed by atoms with van der Waals surface area (Å²) >= 11 is 0. The van der Waals surface area contributed by atoms with Crippen LogP contribution in [0.15, 0.2) is 48.5 Å². The summed E-state index contributed by atoms with van der Waals surface area (Å²) in [6, 6.07) is 14.4. The third kappa shape index (κ3) is 2.50. The van der Waals surface area contributed by atoms with E-state index in [1.54, 1.807) is 12.1 Å². The Hall–Kier alpha value is -2.56. The summed E-state index contributed by atoms with van der Waals surface area (Å²) in [6.07, 6.45) is 0.559. The predicted octanol–water partition coefficient (Wildman–Crippen LogP) is 2.78. The number of hydrogen-bond acceptors (Lipinski definition) is 3. The lowest BCUT2D eigenvalue weighted by atomic mass is 9.84. The number of para-hydroxylation sites is 1. The first-order valence-corrected chi connectivity index (χ1v) is 8.21. The molecule has 0 aromatic heterocycles. The van der Waals surface area contributed by atoms with Crippen molar-refractivity contribution in [3.05, 3.63) is 59.9 Å². The molecule has 2 heterocycles. The van der Waals surface area contributed by atoms with Gasteiger partial charge in [-0.2, -0.15) is 0 Å². The number of carboxylic acids is 1. The second-order valence-corrected chi connectivity index (χ2v) is 6.46. The summed E-state index contributed by atoms with van der Waals surface area (Å²) in [6.45, 7) is 2.20. The molecule has 0 spiro atoms. The minimum Gasteiger partial charge on any atom is -0.481 e. The molecule has 0 aliphatic carbocycles. The van der Waals surface area contributed by atoms with Crippen molar-refractivity contribution >= 4 is 17.3 Å². The van der Waals surface area contributed by atoms with Gasteiger partial charge in [0, 0.05) is 31.0 Å². The Morgan fingerprint density at radius 1 is 1.08 bits per heavy atom. The fourth-order valence-corrected chi connectivity index (χ4v) is 3.93. The highest BCUT2D eigenvalue weighted by Gasteiger charge is 2.41. The Labute approximate surface area is 140 Å². The summed E-state index contributed by atoms with van der Waals surface area (Å²) in [7, 11) is 0. The van der Waals surface area contributed by atoms with Gasteiger partial charge in [-0.25, -0.2) is 4.39 Å². The van der Waals surface area contributed by atoms with Crippen molar-refractivity contribution in [2.24, 2.45) is 5.92 Å². The zero-order valence-electron chi connectivity index (χ0n) is 13.2. The van der Waals surface area contributed by atoms with Gasteiger partial charge in [0.25, 0.3) is 0 Å². The molecule has 2 aromatic carbocycles. The van der Waals surface area contributed by atoms with E-state index in [1.165, 1.54) is 12.1 Å². The molecule has 2 aromatic rings. The molecule has 0 saturated carbocycles. The van der Waals surface area contributed by atoms with E-state index in [0.717, 1.165) is 30.0 Å². The quantitative estimate of drug-likeness (QED) is 0.922. The van der Waals surface area contributed by atoms with E-state index >= 15 is 0 Å². The Morgan fingerprint density at radius 3 is 2.58 bits per heavy atom. The number of carbonyl (C=O) groups is 1. The van der Waals surface area contributed by atoms with Gasteiger partial charge >= 0.3 is 5.97 Å². The van der Waals surface area contributed by atoms with Crippen LogP contribution < -0.4 is 9.80 Å². The SMILES string of the molecule is O=C(O)C1Cc2ccccc2N2CCN(c3ccc(F)cc3)CC12. The van der Waals surface area contributed by atoms with E-state index in [4.69, 9.17) is 0 Å². The highest BCUT2D eigenvalue weighted by molar-refractivity contribution is 5.75. The van der Waals surface area contributed by atoms with Crippen LogP contribution in [0.4, 0.5) is 15.8 Å². The van der Waals surface area contributed by atoms with Gasteiger partial charge < -0.3 is 14.9 Å². The molecule has 2 atom stereocenters. The number of nitrogens with zero attached hydrogens (tertiary/aromatic N) is 2. The summed E-state index contributed by atoms with van der Waals surface area (Å²) in [5.74, 6) is -1.43. The molecule has 2 aliphatic rings. The van der Waals surface area contributed by atoms with Crippen LogP contribution in [0, 0.1) is 11.7 Å². The number of carboxylic acid groups (broad SMARTS) is 1. The van der Waals surface area contributed by atoms with Crippen LogP contribution in [0.25, 0.3) is 0 Å². The Morgan fingerprint density at radius 2 is 1.83 bits per heavy atom. The van der Waals surface area contributed by atoms with Crippen molar-refractivity contribution < 1.29 is 14.3 Å². The molecule has 0 radical (unpaired) electrons. The number of anilines is 2. The van der Waals surface area contributed by atoms with E-state index in [2.05, 4.69) is 15.9 Å². The lowest BCUT2D eigenvalue weighted by Crippen LogP contribution is -2.60. The fourth-order valence-electron chi connectivity index (χ4n) is 3.93. The number of fused-ring (bicyclic) bond motifs is 3. The van der Waals surface area contributed by atoms with Crippen LogP contribution in [0.5, 0.6) is 0 Å². The van der Waals surface area contributed by atoms with Gasteiger partial charge in [0.1, 0.15) is 5.82 Å². The molecular weight excluding hydrogens is 307 g/mol. The van der Waals surface area contributed by atoms with Crippen LogP contribution in [0.3, 0.4) is 0 Å². The highest BCUT2D eigenvalue weighted by Crippen LogP contribution is 2.36. The van der Waals surface area contributed by atoms with E-state index < -0.39 is 11.9 Å². The highest BCUT2D eigenvalue weighted by atomic mass is 19.1. The molecule has 4 nitrogen and oxygen atoms in total. The first kappa shape index (κ1) is 15.0. The smallest absolute Gasteiger partial charge is 0.309 e. The number of hydrogen-bond donors (Lipinski definition) is 1. The second-order valence-electron chi connectivity index (χ2n) is 6.46. The van der Waals surface area contributed by atoms with Gasteiger partial charge in [-0.1, -0.05) is 18.2 Å². The van der Waals surface area contributed by atoms with Crippen molar-refractivity contribution in [2.75, 3.05) is 29.4 Å². The lowest BCUT2D eigenvalue weighted by molar-refractivity contribution is -0.142. The Bertz CT molecular complexity index is 762. The maximum Gasteiger partial charge on any atom is 0.309 e. The molecular formula is C19H19FN2O2. The topological polar surface area (TPSA) is 43.8 Å². The molecule has 2 aliphatic heterocycles. The number of benzene rings is 2. The number of rotatable bonds is 2. The average molecular weight is 326 g/mol. The third-order valence-electron chi connectivity index (χ3n) is 5.13. The predicted molar refractivity (Wildman–Crippen MR) is 91.0 cm³/mol. The summed E-state index contributed by atoms with van der Waals surface area (Å²) in [4.78, 5) is 16.2. The fraction of sp³-hybridized carbons (Fsp3) is 0.316. The molecule has 4 rings (SSSR count). The molecule has 24 heavy (non-hydrogen) atoms. The zero-order chi connectivity index (χ0) is 16.7. The van der Waals surface area contributed by atoms with E-state index in [0.29, 0.717) is 13.0 Å². The van der Waals surface area contributed by atoms with Gasteiger partial charge in [-0.15, -0.1) is 0 Å². The van der Waals surface area contributed by atoms with Crippen LogP contribution in [0.1, 0.15) is 5.56 Å². The third-order valence-corrected chi connectivity index (χ3v) is 5.13. The van der Waals surface area contributed by atoms with Crippen molar-refractivity contribution in [3.8, 4) is 0 Å². The maximum atomic E-state index is 13.2. The Balaban J connectivity index is 1.65. The lowest BCUT2D eigenvalue weighted by Gasteiger charge is -2.49. The van der Waals surface area contributed by atoms with Gasteiger partial charge in [0.2, 0.25) is 0 Å². The zero-order valence-corrected chi connectivity index (χ0v) is 13.2. The minimum absolute atomic E-state index is 0.0730. The van der Waals surface area contributed by atoms with E-state index in [9.17, 15) is 14.3 Å². The van der Waals surface area contributed by atoms with Crippen LogP contribution >= 0.6 is 0 Å². The molecule has 1 N–H and O–H groups in total. The maximum absolute atomic E-state index is 13.2. The first-order valence-electron chi connectivity index (χ1n) is 8.21. The average Bonchev–Trinajstić information content (AvgIpc) is 2.61. The number of piperazine rings is 1. The largest absolute Gasteiger partial charge is 0.481 e. The monoisotopic (exact) mass is 326 g/mol. The number of aliphatic carboxylic acids is 1. The standard InChI is InChI=1S/C19H19FN2O2/c20-14-5-7-15(8-6-14)21-9-10-22-17-4-2-1-3-13(17)11-16(19(23)24)18(22)12-21/h1-8,16,18H,9-12H2,(H,23,24). The molecule has 0 amide bonds.